The van der Waals surface area contributed by atoms with Gasteiger partial charge in [0.15, 0.2) is 0 Å². The molecule has 0 saturated heterocycles. The molecule has 20 heavy (non-hydrogen) atoms. The standard InChI is InChI=1S/C14H9BrN2O.C2H6/c15-12-4-3-11(14(18)7-12)9-17-13-5-1-10(8-16)2-6-13;1-2/h1-7,9,18H;1-2H3. The molecule has 2 rings (SSSR count). The number of phenolic OH excluding ortho intramolecular Hbond substituents is 1. The highest BCUT2D eigenvalue weighted by Crippen LogP contribution is 2.21. The van der Waals surface area contributed by atoms with E-state index in [1.165, 1.54) is 0 Å². The van der Waals surface area contributed by atoms with E-state index in [4.69, 9.17) is 5.26 Å². The number of halogens is 1. The predicted molar refractivity (Wildman–Crippen MR) is 85.6 cm³/mol. The largest absolute Gasteiger partial charge is 0.507 e. The van der Waals surface area contributed by atoms with Gasteiger partial charge in [0.1, 0.15) is 5.75 Å². The minimum absolute atomic E-state index is 0.168. The lowest BCUT2D eigenvalue weighted by atomic mass is 10.2. The second-order valence-electron chi connectivity index (χ2n) is 3.62. The number of aliphatic imine (C=N–C) groups is 1. The Labute approximate surface area is 127 Å². The third-order valence-electron chi connectivity index (χ3n) is 2.34. The SMILES string of the molecule is CC.N#Cc1ccc(N=Cc2ccc(Br)cc2O)cc1. The van der Waals surface area contributed by atoms with Gasteiger partial charge >= 0.3 is 0 Å². The van der Waals surface area contributed by atoms with Gasteiger partial charge in [-0.05, 0) is 42.5 Å². The lowest BCUT2D eigenvalue weighted by Crippen LogP contribution is -1.82. The van der Waals surface area contributed by atoms with Crippen molar-refractivity contribution in [2.24, 2.45) is 4.99 Å². The van der Waals surface area contributed by atoms with Gasteiger partial charge < -0.3 is 5.11 Å². The van der Waals surface area contributed by atoms with E-state index in [1.807, 2.05) is 26.0 Å². The fourth-order valence-electron chi connectivity index (χ4n) is 1.39. The zero-order chi connectivity index (χ0) is 15.0. The average molecular weight is 331 g/mol. The molecule has 0 radical (unpaired) electrons. The van der Waals surface area contributed by atoms with Crippen LogP contribution < -0.4 is 0 Å². The second kappa shape index (κ2) is 8.13. The van der Waals surface area contributed by atoms with E-state index >= 15 is 0 Å². The smallest absolute Gasteiger partial charge is 0.125 e. The minimum atomic E-state index is 0.168. The predicted octanol–water partition coefficient (Wildman–Crippen LogP) is 4.80. The molecule has 3 nitrogen and oxygen atoms in total. The van der Waals surface area contributed by atoms with E-state index in [0.29, 0.717) is 11.1 Å². The Morgan fingerprint density at radius 1 is 1.15 bits per heavy atom. The molecule has 0 unspecified atom stereocenters. The highest BCUT2D eigenvalue weighted by molar-refractivity contribution is 9.10. The fourth-order valence-corrected chi connectivity index (χ4v) is 1.74. The molecule has 0 amide bonds. The van der Waals surface area contributed by atoms with E-state index in [2.05, 4.69) is 20.9 Å². The van der Waals surface area contributed by atoms with Crippen molar-refractivity contribution in [1.29, 1.82) is 5.26 Å². The maximum Gasteiger partial charge on any atom is 0.125 e. The fraction of sp³-hybridized carbons (Fsp3) is 0.125. The number of rotatable bonds is 2. The Morgan fingerprint density at radius 2 is 1.80 bits per heavy atom. The van der Waals surface area contributed by atoms with E-state index < -0.39 is 0 Å². The first-order valence-corrected chi connectivity index (χ1v) is 7.01. The number of nitriles is 1. The van der Waals surface area contributed by atoms with Crippen molar-refractivity contribution in [3.63, 3.8) is 0 Å². The molecule has 4 heteroatoms. The third-order valence-corrected chi connectivity index (χ3v) is 2.83. The van der Waals surface area contributed by atoms with Crippen LogP contribution in [0, 0.1) is 11.3 Å². The molecule has 1 N–H and O–H groups in total. The maximum absolute atomic E-state index is 9.69. The zero-order valence-electron chi connectivity index (χ0n) is 11.3. The highest BCUT2D eigenvalue weighted by atomic mass is 79.9. The van der Waals surface area contributed by atoms with Crippen LogP contribution in [-0.2, 0) is 0 Å². The number of nitrogens with zero attached hydrogens (tertiary/aromatic N) is 2. The molecule has 0 aliphatic rings. The quantitative estimate of drug-likeness (QED) is 0.804. The van der Waals surface area contributed by atoms with E-state index in [-0.39, 0.29) is 5.75 Å². The summed E-state index contributed by atoms with van der Waals surface area (Å²) < 4.78 is 0.815. The van der Waals surface area contributed by atoms with Crippen molar-refractivity contribution in [3.05, 3.63) is 58.1 Å². The van der Waals surface area contributed by atoms with Gasteiger partial charge in [0.05, 0.1) is 17.3 Å². The molecule has 0 aliphatic carbocycles. The van der Waals surface area contributed by atoms with Gasteiger partial charge in [-0.2, -0.15) is 5.26 Å². The lowest BCUT2D eigenvalue weighted by molar-refractivity contribution is 0.474. The number of hydrogen-bond donors (Lipinski definition) is 1. The van der Waals surface area contributed by atoms with E-state index in [1.54, 1.807) is 42.6 Å². The first-order chi connectivity index (χ1) is 9.69. The number of phenols is 1. The molecule has 0 atom stereocenters. The van der Waals surface area contributed by atoms with Crippen LogP contribution >= 0.6 is 15.9 Å². The summed E-state index contributed by atoms with van der Waals surface area (Å²) in [5.74, 6) is 0.168. The summed E-state index contributed by atoms with van der Waals surface area (Å²) in [6.45, 7) is 4.00. The summed E-state index contributed by atoms with van der Waals surface area (Å²) in [7, 11) is 0. The highest BCUT2D eigenvalue weighted by Gasteiger charge is 1.98. The summed E-state index contributed by atoms with van der Waals surface area (Å²) >= 11 is 3.27. The summed E-state index contributed by atoms with van der Waals surface area (Å²) in [6.07, 6.45) is 1.59. The molecular weight excluding hydrogens is 316 g/mol. The number of hydrogen-bond acceptors (Lipinski definition) is 3. The Morgan fingerprint density at radius 3 is 2.35 bits per heavy atom. The molecule has 2 aromatic rings. The van der Waals surface area contributed by atoms with Gasteiger partial charge in [0.2, 0.25) is 0 Å². The molecule has 0 aromatic heterocycles. The molecule has 2 aromatic carbocycles. The van der Waals surface area contributed by atoms with Crippen molar-refractivity contribution in [1.82, 2.24) is 0 Å². The monoisotopic (exact) mass is 330 g/mol. The van der Waals surface area contributed by atoms with Gasteiger partial charge in [-0.25, -0.2) is 0 Å². The van der Waals surface area contributed by atoms with Crippen LogP contribution in [0.5, 0.6) is 5.75 Å². The first kappa shape index (κ1) is 15.9. The summed E-state index contributed by atoms with van der Waals surface area (Å²) in [5.41, 5.74) is 1.97. The van der Waals surface area contributed by atoms with Crippen molar-refractivity contribution in [2.75, 3.05) is 0 Å². The van der Waals surface area contributed by atoms with Crippen LogP contribution in [0.25, 0.3) is 0 Å². The summed E-state index contributed by atoms with van der Waals surface area (Å²) in [6, 6.07) is 14.2. The van der Waals surface area contributed by atoms with E-state index in [0.717, 1.165) is 10.2 Å². The van der Waals surface area contributed by atoms with Crippen LogP contribution in [-0.4, -0.2) is 11.3 Å². The molecule has 0 aliphatic heterocycles. The Hall–Kier alpha value is -2.12. The molecule has 0 spiro atoms. The summed E-state index contributed by atoms with van der Waals surface area (Å²) in [5, 5.41) is 18.4. The van der Waals surface area contributed by atoms with Crippen LogP contribution in [0.4, 0.5) is 5.69 Å². The second-order valence-corrected chi connectivity index (χ2v) is 4.54. The Bertz CT molecular complexity index is 628. The van der Waals surface area contributed by atoms with Crippen LogP contribution in [0.15, 0.2) is 51.9 Å². The van der Waals surface area contributed by atoms with Gasteiger partial charge in [0, 0.05) is 16.3 Å². The summed E-state index contributed by atoms with van der Waals surface area (Å²) in [4.78, 5) is 4.23. The normalized spacial score (nSPS) is 9.70. The van der Waals surface area contributed by atoms with Crippen LogP contribution in [0.3, 0.4) is 0 Å². The van der Waals surface area contributed by atoms with Crippen LogP contribution in [0.2, 0.25) is 0 Å². The Balaban J connectivity index is 0.000000956. The van der Waals surface area contributed by atoms with Gasteiger partial charge in [-0.3, -0.25) is 4.99 Å². The first-order valence-electron chi connectivity index (χ1n) is 6.22. The minimum Gasteiger partial charge on any atom is -0.507 e. The van der Waals surface area contributed by atoms with Crippen molar-refractivity contribution in [3.8, 4) is 11.8 Å². The van der Waals surface area contributed by atoms with Crippen molar-refractivity contribution in [2.45, 2.75) is 13.8 Å². The molecule has 0 heterocycles. The van der Waals surface area contributed by atoms with Gasteiger partial charge in [-0.1, -0.05) is 29.8 Å². The van der Waals surface area contributed by atoms with Gasteiger partial charge in [-0.15, -0.1) is 0 Å². The maximum atomic E-state index is 9.69. The lowest BCUT2D eigenvalue weighted by Gasteiger charge is -1.99. The average Bonchev–Trinajstić information content (AvgIpc) is 2.49. The topological polar surface area (TPSA) is 56.4 Å². The molecule has 0 fully saturated rings. The number of aromatic hydroxyl groups is 1. The van der Waals surface area contributed by atoms with Crippen LogP contribution in [0.1, 0.15) is 25.0 Å². The van der Waals surface area contributed by atoms with Crippen molar-refractivity contribution >= 4 is 27.8 Å². The molecule has 0 saturated carbocycles. The molecular formula is C16H15BrN2O. The molecule has 102 valence electrons. The molecule has 0 bridgehead atoms. The zero-order valence-corrected chi connectivity index (χ0v) is 12.9. The van der Waals surface area contributed by atoms with Gasteiger partial charge in [0.25, 0.3) is 0 Å². The van der Waals surface area contributed by atoms with E-state index in [9.17, 15) is 5.11 Å². The Kier molecular flexibility index (Phi) is 6.48. The van der Waals surface area contributed by atoms with Crippen molar-refractivity contribution < 1.29 is 5.11 Å². The third kappa shape index (κ3) is 4.52. The number of benzene rings is 2.